The number of aromatic nitrogens is 1. The fourth-order valence-electron chi connectivity index (χ4n) is 4.41. The molecule has 178 valence electrons. The Morgan fingerprint density at radius 2 is 1.70 bits per heavy atom. The van der Waals surface area contributed by atoms with E-state index in [0.717, 1.165) is 18.4 Å². The standard InChI is InChI=1S/C23H29FN4O4S/c1-26-16-20(14-21(26)23(30)27-10-2-3-11-27)33(31,32)28-12-8-18(9-13-28)22(29)25-15-17-4-6-19(24)7-5-17/h4-7,14,16,18H,2-3,8-13,15H2,1H3,(H,25,29). The molecule has 0 atom stereocenters. The van der Waals surface area contributed by atoms with Crippen LogP contribution in [0.4, 0.5) is 4.39 Å². The van der Waals surface area contributed by atoms with Gasteiger partial charge in [0.1, 0.15) is 16.4 Å². The summed E-state index contributed by atoms with van der Waals surface area (Å²) in [5, 5.41) is 2.85. The van der Waals surface area contributed by atoms with E-state index in [1.165, 1.54) is 28.7 Å². The summed E-state index contributed by atoms with van der Waals surface area (Å²) in [6.45, 7) is 2.17. The number of rotatable bonds is 6. The molecule has 2 saturated heterocycles. The number of hydrogen-bond acceptors (Lipinski definition) is 4. The van der Waals surface area contributed by atoms with E-state index in [9.17, 15) is 22.4 Å². The lowest BCUT2D eigenvalue weighted by Crippen LogP contribution is -2.42. The summed E-state index contributed by atoms with van der Waals surface area (Å²) in [5.41, 5.74) is 1.17. The van der Waals surface area contributed by atoms with Gasteiger partial charge >= 0.3 is 0 Å². The normalized spacial score (nSPS) is 17.9. The second kappa shape index (κ2) is 9.64. The zero-order valence-corrected chi connectivity index (χ0v) is 19.5. The van der Waals surface area contributed by atoms with Crippen molar-refractivity contribution in [3.8, 4) is 0 Å². The molecule has 2 amide bonds. The summed E-state index contributed by atoms with van der Waals surface area (Å²) in [7, 11) is -2.07. The van der Waals surface area contributed by atoms with Crippen molar-refractivity contribution >= 4 is 21.8 Å². The molecule has 1 aromatic carbocycles. The third-order valence-corrected chi connectivity index (χ3v) is 8.30. The molecule has 0 aliphatic carbocycles. The minimum absolute atomic E-state index is 0.103. The Morgan fingerprint density at radius 3 is 2.33 bits per heavy atom. The molecule has 2 aromatic rings. The van der Waals surface area contributed by atoms with Crippen LogP contribution in [0.3, 0.4) is 0 Å². The van der Waals surface area contributed by atoms with Gasteiger partial charge in [-0.05, 0) is 49.4 Å². The number of aryl methyl sites for hydroxylation is 1. The van der Waals surface area contributed by atoms with Gasteiger partial charge in [0, 0.05) is 51.9 Å². The lowest BCUT2D eigenvalue weighted by molar-refractivity contribution is -0.126. The molecule has 0 saturated carbocycles. The number of hydrogen-bond donors (Lipinski definition) is 1. The maximum atomic E-state index is 13.2. The quantitative estimate of drug-likeness (QED) is 0.691. The molecule has 2 fully saturated rings. The maximum absolute atomic E-state index is 13.2. The maximum Gasteiger partial charge on any atom is 0.270 e. The first-order valence-corrected chi connectivity index (χ1v) is 12.7. The minimum atomic E-state index is -3.75. The first kappa shape index (κ1) is 23.4. The Labute approximate surface area is 193 Å². The zero-order chi connectivity index (χ0) is 23.6. The molecule has 2 aliphatic heterocycles. The summed E-state index contributed by atoms with van der Waals surface area (Å²) in [6, 6.07) is 7.38. The lowest BCUT2D eigenvalue weighted by Gasteiger charge is -2.30. The lowest BCUT2D eigenvalue weighted by atomic mass is 9.97. The first-order valence-electron chi connectivity index (χ1n) is 11.2. The predicted molar refractivity (Wildman–Crippen MR) is 120 cm³/mol. The van der Waals surface area contributed by atoms with Gasteiger partial charge in [-0.15, -0.1) is 0 Å². The molecule has 0 radical (unpaired) electrons. The van der Waals surface area contributed by atoms with Gasteiger partial charge in [-0.3, -0.25) is 9.59 Å². The molecular weight excluding hydrogens is 447 g/mol. The van der Waals surface area contributed by atoms with Crippen molar-refractivity contribution in [2.45, 2.75) is 37.1 Å². The van der Waals surface area contributed by atoms with Crippen molar-refractivity contribution in [2.24, 2.45) is 13.0 Å². The van der Waals surface area contributed by atoms with Crippen molar-refractivity contribution in [2.75, 3.05) is 26.2 Å². The van der Waals surface area contributed by atoms with E-state index < -0.39 is 10.0 Å². The fraction of sp³-hybridized carbons (Fsp3) is 0.478. The number of likely N-dealkylation sites (tertiary alicyclic amines) is 1. The van der Waals surface area contributed by atoms with Crippen LogP contribution in [-0.4, -0.2) is 60.2 Å². The Hall–Kier alpha value is -2.72. The third kappa shape index (κ3) is 5.11. The Kier molecular flexibility index (Phi) is 6.85. The molecule has 8 nitrogen and oxygen atoms in total. The van der Waals surface area contributed by atoms with Crippen molar-refractivity contribution in [3.63, 3.8) is 0 Å². The number of carbonyl (C=O) groups excluding carboxylic acids is 2. The monoisotopic (exact) mass is 476 g/mol. The highest BCUT2D eigenvalue weighted by Gasteiger charge is 2.34. The largest absolute Gasteiger partial charge is 0.352 e. The van der Waals surface area contributed by atoms with Crippen molar-refractivity contribution in [1.29, 1.82) is 0 Å². The van der Waals surface area contributed by atoms with Crippen LogP contribution in [0.1, 0.15) is 41.7 Å². The Balaban J connectivity index is 1.35. The molecule has 1 N–H and O–H groups in total. The minimum Gasteiger partial charge on any atom is -0.352 e. The van der Waals surface area contributed by atoms with Crippen LogP contribution in [0, 0.1) is 11.7 Å². The molecule has 0 bridgehead atoms. The Bertz CT molecular complexity index is 1120. The molecule has 10 heteroatoms. The summed E-state index contributed by atoms with van der Waals surface area (Å²) in [6.07, 6.45) is 4.25. The zero-order valence-electron chi connectivity index (χ0n) is 18.7. The number of halogens is 1. The molecule has 0 spiro atoms. The highest BCUT2D eigenvalue weighted by atomic mass is 32.2. The van der Waals surface area contributed by atoms with Crippen molar-refractivity contribution in [1.82, 2.24) is 19.1 Å². The van der Waals surface area contributed by atoms with E-state index in [-0.39, 0.29) is 41.5 Å². The Morgan fingerprint density at radius 1 is 1.06 bits per heavy atom. The molecule has 33 heavy (non-hydrogen) atoms. The van der Waals surface area contributed by atoms with Gasteiger partial charge in [-0.1, -0.05) is 12.1 Å². The second-order valence-corrected chi connectivity index (χ2v) is 10.6. The molecule has 4 rings (SSSR count). The number of carbonyl (C=O) groups is 2. The van der Waals surface area contributed by atoms with Crippen molar-refractivity contribution in [3.05, 3.63) is 53.6 Å². The highest BCUT2D eigenvalue weighted by Crippen LogP contribution is 2.26. The topological polar surface area (TPSA) is 91.7 Å². The molecular formula is C23H29FN4O4S. The van der Waals surface area contributed by atoms with Gasteiger partial charge in [-0.2, -0.15) is 4.31 Å². The van der Waals surface area contributed by atoms with E-state index in [4.69, 9.17) is 0 Å². The van der Waals surface area contributed by atoms with Gasteiger partial charge in [0.15, 0.2) is 0 Å². The summed E-state index contributed by atoms with van der Waals surface area (Å²) < 4.78 is 42.3. The van der Waals surface area contributed by atoms with Crippen LogP contribution in [0.25, 0.3) is 0 Å². The van der Waals surface area contributed by atoms with E-state index in [0.29, 0.717) is 38.2 Å². The predicted octanol–water partition coefficient (Wildman–Crippen LogP) is 2.12. The number of nitrogens with one attached hydrogen (secondary N) is 1. The van der Waals surface area contributed by atoms with Gasteiger partial charge < -0.3 is 14.8 Å². The van der Waals surface area contributed by atoms with Crippen LogP contribution < -0.4 is 5.32 Å². The van der Waals surface area contributed by atoms with Crippen LogP contribution >= 0.6 is 0 Å². The third-order valence-electron chi connectivity index (χ3n) is 6.43. The number of piperidine rings is 1. The van der Waals surface area contributed by atoms with Crippen LogP contribution in [0.5, 0.6) is 0 Å². The van der Waals surface area contributed by atoms with E-state index >= 15 is 0 Å². The number of sulfonamides is 1. The molecule has 0 unspecified atom stereocenters. The van der Waals surface area contributed by atoms with Gasteiger partial charge in [0.25, 0.3) is 5.91 Å². The van der Waals surface area contributed by atoms with Gasteiger partial charge in [-0.25, -0.2) is 12.8 Å². The number of amides is 2. The fourth-order valence-corrected chi connectivity index (χ4v) is 5.95. The smallest absolute Gasteiger partial charge is 0.270 e. The molecule has 2 aliphatic rings. The van der Waals surface area contributed by atoms with Gasteiger partial charge in [0.05, 0.1) is 0 Å². The first-order chi connectivity index (χ1) is 15.8. The average Bonchev–Trinajstić information content (AvgIpc) is 3.48. The average molecular weight is 477 g/mol. The van der Waals surface area contributed by atoms with Crippen LogP contribution in [0.2, 0.25) is 0 Å². The summed E-state index contributed by atoms with van der Waals surface area (Å²) >= 11 is 0. The summed E-state index contributed by atoms with van der Waals surface area (Å²) in [5.74, 6) is -0.882. The van der Waals surface area contributed by atoms with Crippen LogP contribution in [-0.2, 0) is 28.4 Å². The SMILES string of the molecule is Cn1cc(S(=O)(=O)N2CCC(C(=O)NCc3ccc(F)cc3)CC2)cc1C(=O)N1CCCC1. The number of nitrogens with zero attached hydrogens (tertiary/aromatic N) is 3. The van der Waals surface area contributed by atoms with Gasteiger partial charge in [0.2, 0.25) is 15.9 Å². The molecule has 3 heterocycles. The highest BCUT2D eigenvalue weighted by molar-refractivity contribution is 7.89. The second-order valence-electron chi connectivity index (χ2n) is 8.69. The molecule has 1 aromatic heterocycles. The van der Waals surface area contributed by atoms with Crippen molar-refractivity contribution < 1.29 is 22.4 Å². The van der Waals surface area contributed by atoms with E-state index in [1.807, 2.05) is 0 Å². The van der Waals surface area contributed by atoms with Crippen LogP contribution in [0.15, 0.2) is 41.4 Å². The van der Waals surface area contributed by atoms with E-state index in [1.54, 1.807) is 28.6 Å². The number of benzene rings is 1. The summed E-state index contributed by atoms with van der Waals surface area (Å²) in [4.78, 5) is 27.1. The van der Waals surface area contributed by atoms with E-state index in [2.05, 4.69) is 5.32 Å².